The molecule has 8 heteroatoms. The minimum atomic E-state index is -4.44. The third-order valence-corrected chi connectivity index (χ3v) is 2.80. The smallest absolute Gasteiger partial charge is 0.336 e. The van der Waals surface area contributed by atoms with Crippen molar-refractivity contribution in [3.05, 3.63) is 24.0 Å². The van der Waals surface area contributed by atoms with Gasteiger partial charge in [-0.25, -0.2) is 0 Å². The summed E-state index contributed by atoms with van der Waals surface area (Å²) in [6, 6.07) is 2.77. The van der Waals surface area contributed by atoms with Crippen molar-refractivity contribution in [3.63, 3.8) is 0 Å². The zero-order valence-corrected chi connectivity index (χ0v) is 9.21. The van der Waals surface area contributed by atoms with E-state index < -0.39 is 17.6 Å². The molecular formula is C10H11F3N4O. The number of carbonyl (C=O) groups excluding carboxylic acids is 1. The molecule has 18 heavy (non-hydrogen) atoms. The minimum Gasteiger partial charge on any atom is -0.336 e. The normalized spacial score (nSPS) is 17.1. The van der Waals surface area contributed by atoms with Crippen LogP contribution >= 0.6 is 0 Å². The SMILES string of the molecule is NNc1ccnc(C(=O)NC2(C(F)(F)F)CC2)c1. The maximum atomic E-state index is 12.6. The van der Waals surface area contributed by atoms with E-state index in [-0.39, 0.29) is 18.5 Å². The highest BCUT2D eigenvalue weighted by molar-refractivity contribution is 5.93. The Kier molecular flexibility index (Phi) is 2.89. The highest BCUT2D eigenvalue weighted by Crippen LogP contribution is 2.48. The summed E-state index contributed by atoms with van der Waals surface area (Å²) < 4.78 is 37.9. The summed E-state index contributed by atoms with van der Waals surface area (Å²) in [4.78, 5) is 15.4. The summed E-state index contributed by atoms with van der Waals surface area (Å²) in [6.45, 7) is 0. The molecule has 0 radical (unpaired) electrons. The van der Waals surface area contributed by atoms with Crippen LogP contribution < -0.4 is 16.6 Å². The van der Waals surface area contributed by atoms with E-state index in [0.29, 0.717) is 5.69 Å². The Labute approximate surface area is 101 Å². The maximum absolute atomic E-state index is 12.6. The van der Waals surface area contributed by atoms with Crippen LogP contribution in [0.4, 0.5) is 18.9 Å². The van der Waals surface area contributed by atoms with Crippen LogP contribution in [0.3, 0.4) is 0 Å². The Morgan fingerprint density at radius 1 is 1.44 bits per heavy atom. The second-order valence-electron chi connectivity index (χ2n) is 4.11. The van der Waals surface area contributed by atoms with Gasteiger partial charge in [-0.15, -0.1) is 0 Å². The van der Waals surface area contributed by atoms with Crippen LogP contribution in [0, 0.1) is 0 Å². The number of hydrogen-bond acceptors (Lipinski definition) is 4. The van der Waals surface area contributed by atoms with Gasteiger partial charge < -0.3 is 10.7 Å². The third kappa shape index (κ3) is 2.23. The van der Waals surface area contributed by atoms with Gasteiger partial charge >= 0.3 is 6.18 Å². The Bertz CT molecular complexity index is 470. The molecular weight excluding hydrogens is 249 g/mol. The van der Waals surface area contributed by atoms with E-state index in [0.717, 1.165) is 0 Å². The van der Waals surface area contributed by atoms with E-state index >= 15 is 0 Å². The average Bonchev–Trinajstić information content (AvgIpc) is 3.09. The molecule has 0 aromatic carbocycles. The number of amides is 1. The molecule has 1 fully saturated rings. The molecule has 0 bridgehead atoms. The molecule has 5 nitrogen and oxygen atoms in total. The van der Waals surface area contributed by atoms with Crippen molar-refractivity contribution in [3.8, 4) is 0 Å². The van der Waals surface area contributed by atoms with Gasteiger partial charge in [0, 0.05) is 6.20 Å². The molecule has 4 N–H and O–H groups in total. The fourth-order valence-corrected chi connectivity index (χ4v) is 1.53. The van der Waals surface area contributed by atoms with Gasteiger partial charge in [0.05, 0.1) is 5.69 Å². The summed E-state index contributed by atoms with van der Waals surface area (Å²) in [5.74, 6) is 4.28. The van der Waals surface area contributed by atoms with Gasteiger partial charge in [-0.3, -0.25) is 15.6 Å². The van der Waals surface area contributed by atoms with Crippen LogP contribution in [0.25, 0.3) is 0 Å². The van der Waals surface area contributed by atoms with Crippen molar-refractivity contribution in [2.45, 2.75) is 24.6 Å². The van der Waals surface area contributed by atoms with E-state index in [9.17, 15) is 18.0 Å². The second-order valence-corrected chi connectivity index (χ2v) is 4.11. The van der Waals surface area contributed by atoms with Crippen molar-refractivity contribution in [1.29, 1.82) is 0 Å². The number of pyridine rings is 1. The van der Waals surface area contributed by atoms with Crippen LogP contribution in [0.5, 0.6) is 0 Å². The van der Waals surface area contributed by atoms with Crippen molar-refractivity contribution in [2.24, 2.45) is 5.84 Å². The zero-order chi connectivity index (χ0) is 13.4. The number of nitrogen functional groups attached to an aromatic ring is 1. The van der Waals surface area contributed by atoms with Crippen molar-refractivity contribution >= 4 is 11.6 Å². The van der Waals surface area contributed by atoms with Gasteiger partial charge in [0.1, 0.15) is 11.2 Å². The fraction of sp³-hybridized carbons (Fsp3) is 0.400. The molecule has 1 amide bonds. The first kappa shape index (κ1) is 12.6. The van der Waals surface area contributed by atoms with Gasteiger partial charge in [-0.2, -0.15) is 13.2 Å². The van der Waals surface area contributed by atoms with Crippen LogP contribution in [-0.2, 0) is 0 Å². The second kappa shape index (κ2) is 4.13. The number of hydrogen-bond donors (Lipinski definition) is 3. The molecule has 0 atom stereocenters. The lowest BCUT2D eigenvalue weighted by Gasteiger charge is -2.20. The van der Waals surface area contributed by atoms with Crippen LogP contribution in [0.1, 0.15) is 23.3 Å². The number of rotatable bonds is 3. The molecule has 0 aliphatic heterocycles. The predicted octanol–water partition coefficient (Wildman–Crippen LogP) is 1.19. The number of nitrogens with two attached hydrogens (primary N) is 1. The number of alkyl halides is 3. The summed E-state index contributed by atoms with van der Waals surface area (Å²) >= 11 is 0. The van der Waals surface area contributed by atoms with Gasteiger partial charge in [-0.1, -0.05) is 0 Å². The molecule has 1 aliphatic carbocycles. The first-order valence-electron chi connectivity index (χ1n) is 5.20. The zero-order valence-electron chi connectivity index (χ0n) is 9.21. The molecule has 1 aliphatic rings. The number of nitrogens with zero attached hydrogens (tertiary/aromatic N) is 1. The number of nitrogens with one attached hydrogen (secondary N) is 2. The number of aromatic nitrogens is 1. The highest BCUT2D eigenvalue weighted by atomic mass is 19.4. The third-order valence-electron chi connectivity index (χ3n) is 2.80. The van der Waals surface area contributed by atoms with Gasteiger partial charge in [0.25, 0.3) is 5.91 Å². The molecule has 98 valence electrons. The summed E-state index contributed by atoms with van der Waals surface area (Å²) in [5, 5.41) is 1.98. The monoisotopic (exact) mass is 260 g/mol. The molecule has 0 unspecified atom stereocenters. The standard InChI is InChI=1S/C10H11F3N4O/c11-10(12,13)9(2-3-9)16-8(18)7-5-6(17-14)1-4-15-7/h1,4-5H,2-3,14H2,(H,15,17)(H,16,18). The van der Waals surface area contributed by atoms with Gasteiger partial charge in [-0.05, 0) is 25.0 Å². The Hall–Kier alpha value is -1.83. The van der Waals surface area contributed by atoms with Crippen molar-refractivity contribution in [1.82, 2.24) is 10.3 Å². The molecule has 0 spiro atoms. The first-order chi connectivity index (χ1) is 8.38. The van der Waals surface area contributed by atoms with Crippen LogP contribution in [0.15, 0.2) is 18.3 Å². The molecule has 1 heterocycles. The van der Waals surface area contributed by atoms with E-state index in [2.05, 4.69) is 10.4 Å². The molecule has 1 saturated carbocycles. The quantitative estimate of drug-likeness (QED) is 0.563. The molecule has 1 aromatic rings. The summed E-state index contributed by atoms with van der Waals surface area (Å²) in [5.41, 5.74) is 0.488. The number of carbonyl (C=O) groups is 1. The fourth-order valence-electron chi connectivity index (χ4n) is 1.53. The van der Waals surface area contributed by atoms with E-state index in [4.69, 9.17) is 5.84 Å². The van der Waals surface area contributed by atoms with E-state index in [1.165, 1.54) is 18.3 Å². The van der Waals surface area contributed by atoms with E-state index in [1.807, 2.05) is 5.32 Å². The lowest BCUT2D eigenvalue weighted by atomic mass is 10.2. The van der Waals surface area contributed by atoms with Crippen molar-refractivity contribution in [2.75, 3.05) is 5.43 Å². The number of halogens is 3. The average molecular weight is 260 g/mol. The number of anilines is 1. The maximum Gasteiger partial charge on any atom is 0.411 e. The van der Waals surface area contributed by atoms with E-state index in [1.54, 1.807) is 0 Å². The topological polar surface area (TPSA) is 80.0 Å². The van der Waals surface area contributed by atoms with Gasteiger partial charge in [0.15, 0.2) is 0 Å². The largest absolute Gasteiger partial charge is 0.411 e. The molecule has 0 saturated heterocycles. The van der Waals surface area contributed by atoms with Crippen LogP contribution in [-0.4, -0.2) is 22.6 Å². The Morgan fingerprint density at radius 2 is 2.11 bits per heavy atom. The number of hydrazine groups is 1. The predicted molar refractivity (Wildman–Crippen MR) is 57.5 cm³/mol. The lowest BCUT2D eigenvalue weighted by Crippen LogP contribution is -2.48. The van der Waals surface area contributed by atoms with Crippen LogP contribution in [0.2, 0.25) is 0 Å². The first-order valence-corrected chi connectivity index (χ1v) is 5.20. The van der Waals surface area contributed by atoms with Gasteiger partial charge in [0.2, 0.25) is 0 Å². The minimum absolute atomic E-state index is 0.100. The lowest BCUT2D eigenvalue weighted by molar-refractivity contribution is -0.163. The summed E-state index contributed by atoms with van der Waals surface area (Å²) in [7, 11) is 0. The molecule has 2 rings (SSSR count). The molecule has 1 aromatic heterocycles. The van der Waals surface area contributed by atoms with Crippen molar-refractivity contribution < 1.29 is 18.0 Å². The summed E-state index contributed by atoms with van der Waals surface area (Å²) in [6.07, 6.45) is -3.35. The highest BCUT2D eigenvalue weighted by Gasteiger charge is 2.64. The Balaban J connectivity index is 2.13. The Morgan fingerprint density at radius 3 is 2.61 bits per heavy atom.